The third kappa shape index (κ3) is 9.45. The van der Waals surface area contributed by atoms with Crippen molar-refractivity contribution in [1.82, 2.24) is 16.0 Å². The first kappa shape index (κ1) is 33.4. The summed E-state index contributed by atoms with van der Waals surface area (Å²) in [5.41, 5.74) is -0.204. The van der Waals surface area contributed by atoms with Gasteiger partial charge in [0.25, 0.3) is 0 Å². The van der Waals surface area contributed by atoms with Crippen LogP contribution in [0.15, 0.2) is 48.5 Å². The van der Waals surface area contributed by atoms with Crippen LogP contribution in [0.25, 0.3) is 0 Å². The molecule has 0 saturated carbocycles. The minimum Gasteiger partial charge on any atom is -0.454 e. The third-order valence-electron chi connectivity index (χ3n) is 6.89. The molecule has 0 spiro atoms. The second kappa shape index (κ2) is 15.9. The Bertz CT molecular complexity index is 1450. The number of halogens is 1. The van der Waals surface area contributed by atoms with E-state index in [4.69, 9.17) is 4.74 Å². The minimum absolute atomic E-state index is 0.0385. The molecule has 4 N–H and O–H groups in total. The van der Waals surface area contributed by atoms with E-state index in [2.05, 4.69) is 21.3 Å². The number of anilines is 1. The maximum atomic E-state index is 13.9. The van der Waals surface area contributed by atoms with E-state index in [0.717, 1.165) is 6.07 Å². The highest BCUT2D eigenvalue weighted by Crippen LogP contribution is 2.19. The van der Waals surface area contributed by atoms with Crippen molar-refractivity contribution < 1.29 is 37.9 Å². The summed E-state index contributed by atoms with van der Waals surface area (Å²) < 4.78 is 19.1. The van der Waals surface area contributed by atoms with Crippen LogP contribution < -0.4 is 21.3 Å². The lowest BCUT2D eigenvalue weighted by atomic mass is 9.90. The van der Waals surface area contributed by atoms with Crippen molar-refractivity contribution in [3.63, 3.8) is 0 Å². The Kier molecular flexibility index (Phi) is 12.1. The van der Waals surface area contributed by atoms with E-state index in [1.165, 1.54) is 36.4 Å². The number of para-hydroxylation sites is 1. The zero-order valence-corrected chi connectivity index (χ0v) is 24.4. The second-order valence-electron chi connectivity index (χ2n) is 10.7. The molecule has 2 aromatic carbocycles. The van der Waals surface area contributed by atoms with Crippen molar-refractivity contribution in [3.8, 4) is 6.07 Å². The molecule has 13 heteroatoms. The molecule has 1 aliphatic rings. The van der Waals surface area contributed by atoms with Gasteiger partial charge in [0.05, 0.1) is 22.9 Å². The van der Waals surface area contributed by atoms with Gasteiger partial charge in [0.1, 0.15) is 17.9 Å². The summed E-state index contributed by atoms with van der Waals surface area (Å²) >= 11 is 0. The summed E-state index contributed by atoms with van der Waals surface area (Å²) in [5, 5.41) is 19.0. The number of rotatable bonds is 12. The van der Waals surface area contributed by atoms with Crippen molar-refractivity contribution in [3.05, 3.63) is 65.5 Å². The first-order chi connectivity index (χ1) is 21.0. The van der Waals surface area contributed by atoms with E-state index in [1.807, 2.05) is 6.07 Å². The number of ketones is 1. The number of hydrogen-bond acceptors (Lipinski definition) is 8. The number of nitriles is 1. The Balaban J connectivity index is 1.74. The van der Waals surface area contributed by atoms with Crippen LogP contribution in [0.5, 0.6) is 0 Å². The third-order valence-corrected chi connectivity index (χ3v) is 6.89. The normalized spacial score (nSPS) is 15.6. The molecular formula is C31H34FN5O7. The largest absolute Gasteiger partial charge is 0.454 e. The van der Waals surface area contributed by atoms with Gasteiger partial charge < -0.3 is 26.0 Å². The molecule has 44 heavy (non-hydrogen) atoms. The van der Waals surface area contributed by atoms with Gasteiger partial charge in [-0.25, -0.2) is 9.18 Å². The molecule has 3 rings (SSSR count). The molecule has 0 bridgehead atoms. The fourth-order valence-corrected chi connectivity index (χ4v) is 4.63. The lowest BCUT2D eigenvalue weighted by molar-refractivity contribution is -0.139. The number of piperidine rings is 1. The fraction of sp³-hybridized carbons (Fsp3) is 0.387. The predicted octanol–water partition coefficient (Wildman–Crippen LogP) is 1.99. The zero-order valence-electron chi connectivity index (χ0n) is 24.4. The van der Waals surface area contributed by atoms with E-state index >= 15 is 0 Å². The summed E-state index contributed by atoms with van der Waals surface area (Å²) in [6.07, 6.45) is 1.10. The average molecular weight is 608 g/mol. The van der Waals surface area contributed by atoms with E-state index in [1.54, 1.807) is 19.9 Å². The molecule has 3 atom stereocenters. The average Bonchev–Trinajstić information content (AvgIpc) is 3.00. The molecule has 0 aromatic heterocycles. The topological polar surface area (TPSA) is 184 Å². The number of hydrogen-bond donors (Lipinski definition) is 4. The molecule has 232 valence electrons. The number of esters is 1. The Morgan fingerprint density at radius 1 is 1.02 bits per heavy atom. The molecule has 1 fully saturated rings. The summed E-state index contributed by atoms with van der Waals surface area (Å²) in [5.74, 6) is -6.64. The second-order valence-corrected chi connectivity index (χ2v) is 10.7. The number of carbonyl (C=O) groups excluding carboxylic acids is 6. The number of benzene rings is 2. The lowest BCUT2D eigenvalue weighted by Crippen LogP contribution is -2.55. The summed E-state index contributed by atoms with van der Waals surface area (Å²) in [4.78, 5) is 76.9. The smallest absolute Gasteiger partial charge is 0.339 e. The summed E-state index contributed by atoms with van der Waals surface area (Å²) in [6.45, 7) is 3.27. The summed E-state index contributed by atoms with van der Waals surface area (Å²) in [7, 11) is 0. The molecule has 0 radical (unpaired) electrons. The number of amides is 4. The maximum Gasteiger partial charge on any atom is 0.339 e. The quantitative estimate of drug-likeness (QED) is 0.209. The molecule has 0 aliphatic carbocycles. The number of carbonyl (C=O) groups is 6. The molecule has 1 aliphatic heterocycles. The molecule has 4 amide bonds. The monoisotopic (exact) mass is 607 g/mol. The van der Waals surface area contributed by atoms with Crippen LogP contribution in [-0.4, -0.2) is 60.6 Å². The van der Waals surface area contributed by atoms with Crippen LogP contribution in [-0.2, 0) is 28.7 Å². The van der Waals surface area contributed by atoms with Gasteiger partial charge in [0.2, 0.25) is 11.8 Å². The number of nitrogens with one attached hydrogen (secondary N) is 4. The lowest BCUT2D eigenvalue weighted by Gasteiger charge is -2.28. The predicted molar refractivity (Wildman–Crippen MR) is 155 cm³/mol. The first-order valence-corrected chi connectivity index (χ1v) is 14.1. The van der Waals surface area contributed by atoms with E-state index in [0.29, 0.717) is 19.4 Å². The van der Waals surface area contributed by atoms with Crippen LogP contribution in [0.1, 0.15) is 55.5 Å². The van der Waals surface area contributed by atoms with E-state index in [9.17, 15) is 38.4 Å². The molecule has 1 heterocycles. The number of Topliss-reactive ketones (excluding diaryl/α,β-unsaturated/α-hetero) is 1. The van der Waals surface area contributed by atoms with Crippen LogP contribution in [0.2, 0.25) is 0 Å². The van der Waals surface area contributed by atoms with Crippen molar-refractivity contribution in [1.29, 1.82) is 5.26 Å². The van der Waals surface area contributed by atoms with Gasteiger partial charge in [-0.05, 0) is 55.9 Å². The van der Waals surface area contributed by atoms with Gasteiger partial charge in [-0.2, -0.15) is 5.26 Å². The van der Waals surface area contributed by atoms with Crippen molar-refractivity contribution in [2.45, 2.75) is 51.6 Å². The standard InChI is InChI=1S/C31H34FN5O7/c1-18(2)14-25(37-30(42)29(41)35-23-12-6-5-11-22(23)32)28(40)36-24(15-19-9-7-13-34-27(19)39)26(38)17-44-31(43)21-10-4-3-8-20(21)16-33/h3-6,8,10-12,18-19,24-25H,7,9,13-15,17H2,1-2H3,(H,34,39)(H,35,41)(H,36,40)(H,37,42)/t19-,24-,25-/m0/s1. The Morgan fingerprint density at radius 2 is 1.73 bits per heavy atom. The van der Waals surface area contributed by atoms with E-state index < -0.39 is 59.9 Å². The highest BCUT2D eigenvalue weighted by molar-refractivity contribution is 6.40. The maximum absolute atomic E-state index is 13.9. The van der Waals surface area contributed by atoms with Crippen molar-refractivity contribution in [2.75, 3.05) is 18.5 Å². The molecular weight excluding hydrogens is 573 g/mol. The highest BCUT2D eigenvalue weighted by atomic mass is 19.1. The van der Waals surface area contributed by atoms with Crippen molar-refractivity contribution in [2.24, 2.45) is 11.8 Å². The minimum atomic E-state index is -1.28. The molecule has 2 aromatic rings. The Morgan fingerprint density at radius 3 is 2.41 bits per heavy atom. The van der Waals surface area contributed by atoms with Crippen LogP contribution in [0, 0.1) is 29.0 Å². The van der Waals surface area contributed by atoms with Gasteiger partial charge >= 0.3 is 17.8 Å². The van der Waals surface area contributed by atoms with Gasteiger partial charge in [0.15, 0.2) is 12.4 Å². The first-order valence-electron chi connectivity index (χ1n) is 14.1. The zero-order chi connectivity index (χ0) is 32.2. The highest BCUT2D eigenvalue weighted by Gasteiger charge is 2.33. The van der Waals surface area contributed by atoms with E-state index in [-0.39, 0.29) is 41.5 Å². The van der Waals surface area contributed by atoms with Crippen LogP contribution >= 0.6 is 0 Å². The summed E-state index contributed by atoms with van der Waals surface area (Å²) in [6, 6.07) is 10.5. The Hall–Kier alpha value is -5.12. The van der Waals surface area contributed by atoms with Crippen LogP contribution in [0.3, 0.4) is 0 Å². The van der Waals surface area contributed by atoms with Gasteiger partial charge in [-0.3, -0.25) is 24.0 Å². The van der Waals surface area contributed by atoms with Gasteiger partial charge in [-0.1, -0.05) is 38.1 Å². The SMILES string of the molecule is CC(C)C[C@H](NC(=O)C(=O)Nc1ccccc1F)C(=O)N[C@@H](C[C@@H]1CCCNC1=O)C(=O)COC(=O)c1ccccc1C#N. The van der Waals surface area contributed by atoms with Crippen LogP contribution in [0.4, 0.5) is 10.1 Å². The number of ether oxygens (including phenoxy) is 1. The number of nitrogens with zero attached hydrogens (tertiary/aromatic N) is 1. The van der Waals surface area contributed by atoms with Gasteiger partial charge in [0, 0.05) is 12.5 Å². The molecule has 12 nitrogen and oxygen atoms in total. The molecule has 1 saturated heterocycles. The fourth-order valence-electron chi connectivity index (χ4n) is 4.63. The van der Waals surface area contributed by atoms with Crippen molar-refractivity contribution >= 4 is 41.1 Å². The molecule has 0 unspecified atom stereocenters. The van der Waals surface area contributed by atoms with Gasteiger partial charge in [-0.15, -0.1) is 0 Å². The Labute approximate surface area is 253 Å².